The molecule has 25 heavy (non-hydrogen) atoms. The highest BCUT2D eigenvalue weighted by atomic mass is 35.5. The Labute approximate surface area is 148 Å². The molecule has 0 aliphatic rings. The molecular weight excluding hydrogens is 339 g/mol. The number of fused-ring (bicyclic) bond motifs is 3. The maximum atomic E-state index is 14.2. The zero-order chi connectivity index (χ0) is 17.6. The van der Waals surface area contributed by atoms with E-state index in [1.165, 1.54) is 6.07 Å². The summed E-state index contributed by atoms with van der Waals surface area (Å²) in [5.74, 6) is -0.768. The fourth-order valence-electron chi connectivity index (χ4n) is 3.29. The summed E-state index contributed by atoms with van der Waals surface area (Å²) in [7, 11) is 0. The molecule has 5 heteroatoms. The van der Waals surface area contributed by atoms with Gasteiger partial charge in [0.1, 0.15) is 5.82 Å². The molecule has 2 N–H and O–H groups in total. The number of nitrogens with zero attached hydrogens (tertiary/aromatic N) is 1. The van der Waals surface area contributed by atoms with E-state index in [0.29, 0.717) is 22.7 Å². The van der Waals surface area contributed by atoms with E-state index in [9.17, 15) is 9.18 Å². The van der Waals surface area contributed by atoms with Crippen LogP contribution in [-0.4, -0.2) is 10.5 Å². The van der Waals surface area contributed by atoms with Crippen molar-refractivity contribution < 1.29 is 9.18 Å². The molecule has 0 aliphatic heterocycles. The van der Waals surface area contributed by atoms with Crippen molar-refractivity contribution in [1.82, 2.24) is 4.57 Å². The number of carbonyl (C=O) groups excluding carboxylic acids is 1. The summed E-state index contributed by atoms with van der Waals surface area (Å²) < 4.78 is 16.1. The average molecular weight is 353 g/mol. The molecule has 1 amide bonds. The summed E-state index contributed by atoms with van der Waals surface area (Å²) in [5.41, 5.74) is 8.20. The van der Waals surface area contributed by atoms with Crippen molar-refractivity contribution in [2.45, 2.75) is 6.54 Å². The van der Waals surface area contributed by atoms with Crippen LogP contribution in [0.1, 0.15) is 15.9 Å². The highest BCUT2D eigenvalue weighted by Crippen LogP contribution is 2.34. The van der Waals surface area contributed by atoms with E-state index >= 15 is 0 Å². The zero-order valence-electron chi connectivity index (χ0n) is 13.2. The van der Waals surface area contributed by atoms with E-state index in [-0.39, 0.29) is 5.82 Å². The second-order valence-corrected chi connectivity index (χ2v) is 6.34. The molecule has 0 spiro atoms. The number of hydrogen-bond donors (Lipinski definition) is 1. The smallest absolute Gasteiger partial charge is 0.249 e. The molecule has 1 aromatic heterocycles. The average Bonchev–Trinajstić information content (AvgIpc) is 2.90. The van der Waals surface area contributed by atoms with Crippen molar-refractivity contribution >= 4 is 39.3 Å². The van der Waals surface area contributed by atoms with Crippen LogP contribution in [0.3, 0.4) is 0 Å². The van der Waals surface area contributed by atoms with Crippen LogP contribution < -0.4 is 5.73 Å². The predicted molar refractivity (Wildman–Crippen MR) is 98.5 cm³/mol. The number of halogens is 2. The number of amides is 1. The number of aromatic nitrogens is 1. The van der Waals surface area contributed by atoms with Crippen LogP contribution in [-0.2, 0) is 6.54 Å². The Kier molecular flexibility index (Phi) is 3.70. The third-order valence-corrected chi connectivity index (χ3v) is 4.64. The van der Waals surface area contributed by atoms with Crippen molar-refractivity contribution in [2.75, 3.05) is 0 Å². The van der Waals surface area contributed by atoms with Crippen LogP contribution in [0.25, 0.3) is 21.8 Å². The van der Waals surface area contributed by atoms with Crippen molar-refractivity contribution in [3.8, 4) is 0 Å². The maximum Gasteiger partial charge on any atom is 0.249 e. The molecule has 3 aromatic carbocycles. The Morgan fingerprint density at radius 3 is 2.60 bits per heavy atom. The molecule has 0 atom stereocenters. The first kappa shape index (κ1) is 15.7. The first-order valence-corrected chi connectivity index (χ1v) is 8.18. The quantitative estimate of drug-likeness (QED) is 0.569. The van der Waals surface area contributed by atoms with Gasteiger partial charge in [-0.2, -0.15) is 0 Å². The van der Waals surface area contributed by atoms with Crippen LogP contribution in [0.4, 0.5) is 4.39 Å². The lowest BCUT2D eigenvalue weighted by Crippen LogP contribution is -2.11. The molecule has 4 rings (SSSR count). The second-order valence-electron chi connectivity index (χ2n) is 5.90. The van der Waals surface area contributed by atoms with Gasteiger partial charge in [-0.25, -0.2) is 4.39 Å². The van der Waals surface area contributed by atoms with Crippen LogP contribution in [0.15, 0.2) is 60.7 Å². The van der Waals surface area contributed by atoms with Gasteiger partial charge in [0, 0.05) is 26.9 Å². The number of rotatable bonds is 3. The molecular formula is C20H14ClFN2O. The van der Waals surface area contributed by atoms with Gasteiger partial charge < -0.3 is 10.3 Å². The third kappa shape index (κ3) is 2.55. The molecule has 0 fully saturated rings. The number of benzene rings is 3. The minimum absolute atomic E-state index is 0.273. The van der Waals surface area contributed by atoms with Gasteiger partial charge in [0.05, 0.1) is 17.6 Å². The Morgan fingerprint density at radius 1 is 1.04 bits per heavy atom. The lowest BCUT2D eigenvalue weighted by molar-refractivity contribution is 0.100. The first-order valence-electron chi connectivity index (χ1n) is 7.80. The van der Waals surface area contributed by atoms with Crippen LogP contribution >= 0.6 is 11.6 Å². The Morgan fingerprint density at radius 2 is 1.84 bits per heavy atom. The maximum absolute atomic E-state index is 14.2. The van der Waals surface area contributed by atoms with Crippen LogP contribution in [0.5, 0.6) is 0 Å². The molecule has 0 saturated heterocycles. The molecule has 0 saturated carbocycles. The summed E-state index contributed by atoms with van der Waals surface area (Å²) in [6.45, 7) is 0.329. The molecule has 0 bridgehead atoms. The first-order chi connectivity index (χ1) is 12.1. The summed E-state index contributed by atoms with van der Waals surface area (Å²) in [6, 6.07) is 17.5. The summed E-state index contributed by atoms with van der Waals surface area (Å²) in [6.07, 6.45) is 0. The number of carbonyl (C=O) groups is 1. The molecule has 124 valence electrons. The highest BCUT2D eigenvalue weighted by molar-refractivity contribution is 6.32. The number of primary amides is 1. The summed E-state index contributed by atoms with van der Waals surface area (Å²) >= 11 is 6.18. The van der Waals surface area contributed by atoms with Crippen molar-refractivity contribution in [1.29, 1.82) is 0 Å². The van der Waals surface area contributed by atoms with E-state index in [1.807, 2.05) is 22.8 Å². The molecule has 0 radical (unpaired) electrons. The minimum Gasteiger partial charge on any atom is -0.366 e. The van der Waals surface area contributed by atoms with Crippen LogP contribution in [0.2, 0.25) is 5.02 Å². The number of hydrogen-bond acceptors (Lipinski definition) is 1. The van der Waals surface area contributed by atoms with E-state index in [4.69, 9.17) is 17.3 Å². The Bertz CT molecular complexity index is 1130. The van der Waals surface area contributed by atoms with Gasteiger partial charge in [-0.05, 0) is 30.3 Å². The normalized spacial score (nSPS) is 11.3. The fraction of sp³-hybridized carbons (Fsp3) is 0.0500. The molecule has 0 aliphatic carbocycles. The van der Waals surface area contributed by atoms with E-state index in [2.05, 4.69) is 0 Å². The predicted octanol–water partition coefficient (Wildman–Crippen LogP) is 4.73. The topological polar surface area (TPSA) is 48.0 Å². The molecule has 0 unspecified atom stereocenters. The second kappa shape index (κ2) is 5.90. The van der Waals surface area contributed by atoms with E-state index < -0.39 is 5.91 Å². The third-order valence-electron chi connectivity index (χ3n) is 4.40. The van der Waals surface area contributed by atoms with Gasteiger partial charge in [-0.1, -0.05) is 41.9 Å². The van der Waals surface area contributed by atoms with Gasteiger partial charge in [0.25, 0.3) is 0 Å². The van der Waals surface area contributed by atoms with Crippen molar-refractivity contribution in [3.63, 3.8) is 0 Å². The Balaban J connectivity index is 2.08. The summed E-state index contributed by atoms with van der Waals surface area (Å²) in [4.78, 5) is 11.9. The molecule has 4 aromatic rings. The van der Waals surface area contributed by atoms with Gasteiger partial charge in [0.2, 0.25) is 5.91 Å². The standard InChI is InChI=1S/C20H14ClFN2O/c21-13-8-9-14-18(10-13)24(11-12-4-1-2-6-16(12)22)17-7-3-5-15(19(14)17)20(23)25/h1-10H,11H2,(H2,23,25). The highest BCUT2D eigenvalue weighted by Gasteiger charge is 2.17. The van der Waals surface area contributed by atoms with Crippen molar-refractivity contribution in [3.05, 3.63) is 82.6 Å². The number of nitrogens with two attached hydrogens (primary N) is 1. The monoisotopic (exact) mass is 352 g/mol. The van der Waals surface area contributed by atoms with Gasteiger partial charge >= 0.3 is 0 Å². The van der Waals surface area contributed by atoms with Crippen LogP contribution in [0, 0.1) is 5.82 Å². The van der Waals surface area contributed by atoms with Crippen molar-refractivity contribution in [2.24, 2.45) is 5.73 Å². The fourth-order valence-corrected chi connectivity index (χ4v) is 3.46. The van der Waals surface area contributed by atoms with Gasteiger partial charge in [-0.3, -0.25) is 4.79 Å². The van der Waals surface area contributed by atoms with E-state index in [0.717, 1.165) is 21.8 Å². The lowest BCUT2D eigenvalue weighted by Gasteiger charge is -2.09. The molecule has 3 nitrogen and oxygen atoms in total. The van der Waals surface area contributed by atoms with E-state index in [1.54, 1.807) is 36.4 Å². The lowest BCUT2D eigenvalue weighted by atomic mass is 10.1. The minimum atomic E-state index is -0.495. The summed E-state index contributed by atoms with van der Waals surface area (Å²) in [5, 5.41) is 2.20. The SMILES string of the molecule is NC(=O)c1cccc2c1c1ccc(Cl)cc1n2Cc1ccccc1F. The Hall–Kier alpha value is -2.85. The zero-order valence-corrected chi connectivity index (χ0v) is 13.9. The molecule has 1 heterocycles. The van der Waals surface area contributed by atoms with Gasteiger partial charge in [-0.15, -0.1) is 0 Å². The largest absolute Gasteiger partial charge is 0.366 e. The van der Waals surface area contributed by atoms with Gasteiger partial charge in [0.15, 0.2) is 0 Å².